The number of benzene rings is 1. The molecule has 0 aliphatic carbocycles. The number of aryl methyl sites for hydroxylation is 1. The second-order valence-corrected chi connectivity index (χ2v) is 7.21. The molecule has 1 atom stereocenters. The van der Waals surface area contributed by atoms with Crippen LogP contribution in [0, 0.1) is 13.8 Å². The first kappa shape index (κ1) is 15.0. The third kappa shape index (κ3) is 3.00. The molecule has 0 spiro atoms. The highest BCUT2D eigenvalue weighted by molar-refractivity contribution is 7.89. The lowest BCUT2D eigenvalue weighted by atomic mass is 10.2. The van der Waals surface area contributed by atoms with Gasteiger partial charge in [-0.1, -0.05) is 6.07 Å². The minimum absolute atomic E-state index is 0.206. The number of sulfonamides is 1. The van der Waals surface area contributed by atoms with Crippen LogP contribution < -0.4 is 10.5 Å². The number of aromatic nitrogens is 1. The average Bonchev–Trinajstić information content (AvgIpc) is 2.79. The summed E-state index contributed by atoms with van der Waals surface area (Å²) in [4.78, 5) is 4.50. The molecule has 7 heteroatoms. The van der Waals surface area contributed by atoms with Crippen LogP contribution in [0.5, 0.6) is 0 Å². The van der Waals surface area contributed by atoms with Crippen molar-refractivity contribution in [1.82, 2.24) is 9.71 Å². The van der Waals surface area contributed by atoms with Crippen molar-refractivity contribution in [1.29, 1.82) is 0 Å². The second-order valence-electron chi connectivity index (χ2n) is 4.64. The number of nitrogens with zero attached hydrogens (tertiary/aromatic N) is 1. The van der Waals surface area contributed by atoms with E-state index in [1.807, 2.05) is 12.3 Å². The standard InChI is InChI=1S/C13H17N3O2S2/c1-8-7-19-13(15-8)10(3)16-20(17,18)12-6-4-5-11(14)9(12)2/h4-7,10,16H,14H2,1-3H3. The minimum Gasteiger partial charge on any atom is -0.398 e. The molecule has 2 aromatic rings. The highest BCUT2D eigenvalue weighted by atomic mass is 32.2. The van der Waals surface area contributed by atoms with Gasteiger partial charge in [0.05, 0.1) is 10.9 Å². The van der Waals surface area contributed by atoms with Crippen LogP contribution in [0.25, 0.3) is 0 Å². The van der Waals surface area contributed by atoms with Gasteiger partial charge in [0.1, 0.15) is 5.01 Å². The molecule has 0 radical (unpaired) electrons. The van der Waals surface area contributed by atoms with E-state index in [0.29, 0.717) is 11.3 Å². The Labute approximate surface area is 122 Å². The molecule has 1 aromatic carbocycles. The van der Waals surface area contributed by atoms with Crippen molar-refractivity contribution in [3.63, 3.8) is 0 Å². The number of anilines is 1. The zero-order chi connectivity index (χ0) is 14.9. The SMILES string of the molecule is Cc1csc(C(C)NS(=O)(=O)c2cccc(N)c2C)n1. The van der Waals surface area contributed by atoms with Gasteiger partial charge in [0.15, 0.2) is 0 Å². The zero-order valence-corrected chi connectivity index (χ0v) is 13.2. The highest BCUT2D eigenvalue weighted by Gasteiger charge is 2.22. The van der Waals surface area contributed by atoms with E-state index < -0.39 is 10.0 Å². The van der Waals surface area contributed by atoms with E-state index in [4.69, 9.17) is 5.73 Å². The van der Waals surface area contributed by atoms with E-state index >= 15 is 0 Å². The van der Waals surface area contributed by atoms with Crippen molar-refractivity contribution >= 4 is 27.0 Å². The molecule has 1 unspecified atom stereocenters. The Bertz CT molecular complexity index is 723. The largest absolute Gasteiger partial charge is 0.398 e. The summed E-state index contributed by atoms with van der Waals surface area (Å²) in [5.41, 5.74) is 7.67. The number of nitrogen functional groups attached to an aromatic ring is 1. The van der Waals surface area contributed by atoms with E-state index in [-0.39, 0.29) is 10.9 Å². The van der Waals surface area contributed by atoms with Gasteiger partial charge in [-0.15, -0.1) is 11.3 Å². The Morgan fingerprint density at radius 2 is 2.05 bits per heavy atom. The summed E-state index contributed by atoms with van der Waals surface area (Å²) in [5.74, 6) is 0. The lowest BCUT2D eigenvalue weighted by Gasteiger charge is -2.14. The van der Waals surface area contributed by atoms with Crippen LogP contribution >= 0.6 is 11.3 Å². The van der Waals surface area contributed by atoms with Crippen molar-refractivity contribution in [2.45, 2.75) is 31.7 Å². The minimum atomic E-state index is -3.61. The quantitative estimate of drug-likeness (QED) is 0.849. The molecule has 0 bridgehead atoms. The van der Waals surface area contributed by atoms with Gasteiger partial charge in [0.2, 0.25) is 10.0 Å². The number of rotatable bonds is 4. The summed E-state index contributed by atoms with van der Waals surface area (Å²) in [7, 11) is -3.61. The molecule has 1 heterocycles. The molecule has 0 saturated carbocycles. The van der Waals surface area contributed by atoms with Gasteiger partial charge < -0.3 is 5.73 Å². The van der Waals surface area contributed by atoms with Gasteiger partial charge in [-0.05, 0) is 38.5 Å². The summed E-state index contributed by atoms with van der Waals surface area (Å²) >= 11 is 1.44. The van der Waals surface area contributed by atoms with Gasteiger partial charge in [-0.2, -0.15) is 0 Å². The van der Waals surface area contributed by atoms with Crippen molar-refractivity contribution in [2.75, 3.05) is 5.73 Å². The maximum Gasteiger partial charge on any atom is 0.241 e. The fraction of sp³-hybridized carbons (Fsp3) is 0.308. The van der Waals surface area contributed by atoms with Gasteiger partial charge in [0, 0.05) is 16.8 Å². The fourth-order valence-electron chi connectivity index (χ4n) is 1.84. The predicted molar refractivity (Wildman–Crippen MR) is 81.2 cm³/mol. The van der Waals surface area contributed by atoms with Gasteiger partial charge in [0.25, 0.3) is 0 Å². The normalized spacial score (nSPS) is 13.3. The van der Waals surface area contributed by atoms with Crippen LogP contribution in [-0.2, 0) is 10.0 Å². The molecular weight excluding hydrogens is 294 g/mol. The molecule has 3 N–H and O–H groups in total. The Kier molecular flexibility index (Phi) is 4.12. The van der Waals surface area contributed by atoms with E-state index in [0.717, 1.165) is 10.7 Å². The molecule has 0 aliphatic heterocycles. The molecule has 20 heavy (non-hydrogen) atoms. The average molecular weight is 311 g/mol. The molecular formula is C13H17N3O2S2. The third-order valence-corrected chi connectivity index (χ3v) is 5.79. The smallest absolute Gasteiger partial charge is 0.241 e. The second kappa shape index (κ2) is 5.51. The molecule has 5 nitrogen and oxygen atoms in total. The van der Waals surface area contributed by atoms with Crippen LogP contribution in [0.3, 0.4) is 0 Å². The van der Waals surface area contributed by atoms with Gasteiger partial charge >= 0.3 is 0 Å². The van der Waals surface area contributed by atoms with E-state index in [2.05, 4.69) is 9.71 Å². The van der Waals surface area contributed by atoms with Crippen molar-refractivity contribution in [3.05, 3.63) is 39.8 Å². The number of nitrogens with two attached hydrogens (primary N) is 1. The number of hydrogen-bond acceptors (Lipinski definition) is 5. The lowest BCUT2D eigenvalue weighted by Crippen LogP contribution is -2.27. The van der Waals surface area contributed by atoms with Crippen molar-refractivity contribution < 1.29 is 8.42 Å². The first-order valence-electron chi connectivity index (χ1n) is 6.10. The molecule has 0 saturated heterocycles. The van der Waals surface area contributed by atoms with E-state index in [9.17, 15) is 8.42 Å². The maximum absolute atomic E-state index is 12.4. The first-order chi connectivity index (χ1) is 9.31. The molecule has 0 amide bonds. The Morgan fingerprint density at radius 1 is 1.35 bits per heavy atom. The fourth-order valence-corrected chi connectivity index (χ4v) is 4.20. The maximum atomic E-state index is 12.4. The summed E-state index contributed by atoms with van der Waals surface area (Å²) in [6.07, 6.45) is 0. The summed E-state index contributed by atoms with van der Waals surface area (Å²) in [6.45, 7) is 5.35. The van der Waals surface area contributed by atoms with Gasteiger partial charge in [-0.25, -0.2) is 18.1 Å². The molecule has 0 fully saturated rings. The van der Waals surface area contributed by atoms with E-state index in [1.165, 1.54) is 11.3 Å². The number of thiazole rings is 1. The Balaban J connectivity index is 2.30. The summed E-state index contributed by atoms with van der Waals surface area (Å²) < 4.78 is 27.4. The topological polar surface area (TPSA) is 85.1 Å². The predicted octanol–water partition coefficient (Wildman–Crippen LogP) is 2.38. The zero-order valence-electron chi connectivity index (χ0n) is 11.5. The number of nitrogens with one attached hydrogen (secondary N) is 1. The van der Waals surface area contributed by atoms with Gasteiger partial charge in [-0.3, -0.25) is 0 Å². The molecule has 0 aliphatic rings. The van der Waals surface area contributed by atoms with Crippen LogP contribution in [0.2, 0.25) is 0 Å². The van der Waals surface area contributed by atoms with Crippen molar-refractivity contribution in [3.8, 4) is 0 Å². The molecule has 1 aromatic heterocycles. The van der Waals surface area contributed by atoms with E-state index in [1.54, 1.807) is 32.0 Å². The Hall–Kier alpha value is -1.44. The monoisotopic (exact) mass is 311 g/mol. The summed E-state index contributed by atoms with van der Waals surface area (Å²) in [5, 5.41) is 2.64. The van der Waals surface area contributed by atoms with Crippen LogP contribution in [0.1, 0.15) is 29.2 Å². The Morgan fingerprint density at radius 3 is 2.65 bits per heavy atom. The molecule has 2 rings (SSSR count). The lowest BCUT2D eigenvalue weighted by molar-refractivity contribution is 0.565. The number of hydrogen-bond donors (Lipinski definition) is 2. The summed E-state index contributed by atoms with van der Waals surface area (Å²) in [6, 6.07) is 4.49. The molecule has 108 valence electrons. The van der Waals surface area contributed by atoms with Crippen molar-refractivity contribution in [2.24, 2.45) is 0 Å². The third-order valence-electron chi connectivity index (χ3n) is 2.95. The van der Waals surface area contributed by atoms with Crippen LogP contribution in [-0.4, -0.2) is 13.4 Å². The first-order valence-corrected chi connectivity index (χ1v) is 8.47. The van der Waals surface area contributed by atoms with Crippen LogP contribution in [0.15, 0.2) is 28.5 Å². The highest BCUT2D eigenvalue weighted by Crippen LogP contribution is 2.24. The van der Waals surface area contributed by atoms with Crippen LogP contribution in [0.4, 0.5) is 5.69 Å².